The Morgan fingerprint density at radius 2 is 1.62 bits per heavy atom. The molecule has 10 heteroatoms. The van der Waals surface area contributed by atoms with Crippen LogP contribution in [0.3, 0.4) is 0 Å². The van der Waals surface area contributed by atoms with Crippen molar-refractivity contribution in [3.8, 4) is 5.75 Å². The van der Waals surface area contributed by atoms with E-state index in [2.05, 4.69) is 33.6 Å². The molecule has 0 radical (unpaired) electrons. The van der Waals surface area contributed by atoms with Gasteiger partial charge in [-0.3, -0.25) is 0 Å². The number of carbonyl (C=O) groups is 1. The number of nitrogens with zero attached hydrogens (tertiary/aromatic N) is 1. The maximum atomic E-state index is 13.2. The molecular formula is C38H39ClN2O6S. The van der Waals surface area contributed by atoms with Crippen LogP contribution in [0, 0.1) is 0 Å². The first-order valence-electron chi connectivity index (χ1n) is 16.3. The van der Waals surface area contributed by atoms with Crippen LogP contribution >= 0.6 is 11.6 Å². The van der Waals surface area contributed by atoms with Gasteiger partial charge in [-0.1, -0.05) is 72.3 Å². The Hall–Kier alpha value is -4.15. The van der Waals surface area contributed by atoms with Gasteiger partial charge in [-0.25, -0.2) is 17.9 Å². The van der Waals surface area contributed by atoms with Gasteiger partial charge in [0, 0.05) is 47.6 Å². The Morgan fingerprint density at radius 1 is 0.938 bits per heavy atom. The van der Waals surface area contributed by atoms with Crippen LogP contribution in [0.25, 0.3) is 10.9 Å². The van der Waals surface area contributed by atoms with E-state index in [0.29, 0.717) is 36.8 Å². The normalized spacial score (nSPS) is 15.2. The third-order valence-corrected chi connectivity index (χ3v) is 10.4. The third kappa shape index (κ3) is 8.10. The lowest BCUT2D eigenvalue weighted by atomic mass is 9.97. The first-order chi connectivity index (χ1) is 23.3. The molecule has 1 fully saturated rings. The van der Waals surface area contributed by atoms with Crippen LogP contribution in [-0.2, 0) is 27.6 Å². The Balaban J connectivity index is 1.38. The molecule has 8 nitrogen and oxygen atoms in total. The molecule has 2 heterocycles. The van der Waals surface area contributed by atoms with E-state index in [0.717, 1.165) is 52.5 Å². The lowest BCUT2D eigenvalue weighted by Gasteiger charge is -2.25. The smallest absolute Gasteiger partial charge is 0.335 e. The first-order valence-corrected chi connectivity index (χ1v) is 18.3. The van der Waals surface area contributed by atoms with E-state index in [9.17, 15) is 18.3 Å². The zero-order valence-corrected chi connectivity index (χ0v) is 28.1. The van der Waals surface area contributed by atoms with Crippen molar-refractivity contribution >= 4 is 38.5 Å². The number of carboxylic acids is 1. The summed E-state index contributed by atoms with van der Waals surface area (Å²) in [7, 11) is -3.57. The van der Waals surface area contributed by atoms with Crippen LogP contribution in [0.4, 0.5) is 0 Å². The fraction of sp³-hybridized carbons (Fsp3) is 0.289. The van der Waals surface area contributed by atoms with Crippen molar-refractivity contribution < 1.29 is 27.8 Å². The maximum absolute atomic E-state index is 13.2. The van der Waals surface area contributed by atoms with Gasteiger partial charge in [0.05, 0.1) is 30.1 Å². The monoisotopic (exact) mass is 686 g/mol. The standard InChI is InChI=1S/C38H39ClN2O6S/c39-30-16-19-35-34(25-30)33(21-24-47-31-17-14-29(15-18-31)38(42)43)36(20-22-40-48(44,45)26-32-13-7-8-23-46-32)41(35)37(27-9-3-1-4-10-27)28-11-5-2-6-12-28/h1-6,9-12,14-19,25,32,37,40H,7-8,13,20-24,26H2,(H,42,43). The number of hydrogen-bond acceptors (Lipinski definition) is 5. The molecule has 4 aromatic carbocycles. The SMILES string of the molecule is O=C(O)c1ccc(OCCc2c(CCNS(=O)(=O)CC3CCCCO3)n(C(c3ccccc3)c3ccccc3)c3ccc(Cl)cc23)cc1. The largest absolute Gasteiger partial charge is 0.493 e. The van der Waals surface area contributed by atoms with Crippen LogP contribution in [0.5, 0.6) is 5.75 Å². The van der Waals surface area contributed by atoms with Crippen LogP contribution < -0.4 is 9.46 Å². The summed E-state index contributed by atoms with van der Waals surface area (Å²) in [5, 5.41) is 10.8. The molecule has 1 saturated heterocycles. The lowest BCUT2D eigenvalue weighted by Crippen LogP contribution is -2.36. The molecule has 5 aromatic rings. The van der Waals surface area contributed by atoms with E-state index in [-0.39, 0.29) is 30.0 Å². The number of fused-ring (bicyclic) bond motifs is 1. The fourth-order valence-corrected chi connectivity index (χ4v) is 8.00. The predicted molar refractivity (Wildman–Crippen MR) is 189 cm³/mol. The van der Waals surface area contributed by atoms with Crippen molar-refractivity contribution in [1.82, 2.24) is 9.29 Å². The van der Waals surface area contributed by atoms with Gasteiger partial charge in [-0.15, -0.1) is 0 Å². The zero-order chi connectivity index (χ0) is 33.5. The third-order valence-electron chi connectivity index (χ3n) is 8.76. The molecule has 0 saturated carbocycles. The molecule has 1 atom stereocenters. The number of ether oxygens (including phenoxy) is 2. The highest BCUT2D eigenvalue weighted by Gasteiger charge is 2.27. The summed E-state index contributed by atoms with van der Waals surface area (Å²) in [4.78, 5) is 11.3. The van der Waals surface area contributed by atoms with Crippen molar-refractivity contribution in [3.05, 3.63) is 136 Å². The van der Waals surface area contributed by atoms with E-state index in [1.165, 1.54) is 12.1 Å². The second-order valence-corrected chi connectivity index (χ2v) is 14.3. The molecule has 0 aliphatic carbocycles. The molecule has 2 N–H and O–H groups in total. The summed E-state index contributed by atoms with van der Waals surface area (Å²) in [5.41, 5.74) is 5.34. The molecule has 1 unspecified atom stereocenters. The second-order valence-electron chi connectivity index (χ2n) is 12.0. The molecule has 48 heavy (non-hydrogen) atoms. The van der Waals surface area contributed by atoms with Crippen molar-refractivity contribution in [3.63, 3.8) is 0 Å². The highest BCUT2D eigenvalue weighted by Crippen LogP contribution is 2.38. The highest BCUT2D eigenvalue weighted by molar-refractivity contribution is 7.89. The number of nitrogens with one attached hydrogen (secondary N) is 1. The number of aromatic carboxylic acids is 1. The minimum absolute atomic E-state index is 0.0520. The topological polar surface area (TPSA) is 107 Å². The number of hydrogen-bond donors (Lipinski definition) is 2. The van der Waals surface area contributed by atoms with Crippen LogP contribution in [-0.4, -0.2) is 55.7 Å². The molecule has 1 aliphatic heterocycles. The van der Waals surface area contributed by atoms with Crippen molar-refractivity contribution in [2.75, 3.05) is 25.5 Å². The summed E-state index contributed by atoms with van der Waals surface area (Å²) >= 11 is 6.60. The Labute approximate surface area is 286 Å². The molecule has 1 aromatic heterocycles. The molecule has 0 bridgehead atoms. The minimum atomic E-state index is -3.57. The van der Waals surface area contributed by atoms with Crippen LogP contribution in [0.2, 0.25) is 5.02 Å². The fourth-order valence-electron chi connectivity index (χ4n) is 6.54. The summed E-state index contributed by atoms with van der Waals surface area (Å²) < 4.78 is 43.3. The molecule has 0 spiro atoms. The summed E-state index contributed by atoms with van der Waals surface area (Å²) in [6, 6.07) is 32.6. The Kier molecular flexibility index (Phi) is 10.8. The quantitative estimate of drug-likeness (QED) is 0.127. The lowest BCUT2D eigenvalue weighted by molar-refractivity contribution is 0.0304. The summed E-state index contributed by atoms with van der Waals surface area (Å²) in [5.74, 6) is -0.486. The molecule has 6 rings (SSSR count). The second kappa shape index (κ2) is 15.4. The summed E-state index contributed by atoms with van der Waals surface area (Å²) in [6.45, 7) is 1.12. The average molecular weight is 687 g/mol. The Bertz CT molecular complexity index is 1900. The van der Waals surface area contributed by atoms with Crippen molar-refractivity contribution in [2.24, 2.45) is 0 Å². The number of carboxylic acid groups (broad SMARTS) is 1. The zero-order valence-electron chi connectivity index (χ0n) is 26.6. The molecule has 1 aliphatic rings. The van der Waals surface area contributed by atoms with Crippen LogP contribution in [0.1, 0.15) is 58.0 Å². The van der Waals surface area contributed by atoms with Gasteiger partial charge >= 0.3 is 5.97 Å². The summed E-state index contributed by atoms with van der Waals surface area (Å²) in [6.07, 6.45) is 3.33. The number of benzene rings is 4. The van der Waals surface area contributed by atoms with Crippen LogP contribution in [0.15, 0.2) is 103 Å². The van der Waals surface area contributed by atoms with Gasteiger partial charge in [-0.2, -0.15) is 0 Å². The first kappa shape index (κ1) is 33.7. The van der Waals surface area contributed by atoms with Gasteiger partial charge in [0.15, 0.2) is 0 Å². The van der Waals surface area contributed by atoms with Gasteiger partial charge in [0.1, 0.15) is 5.75 Å². The van der Waals surface area contributed by atoms with Gasteiger partial charge in [0.25, 0.3) is 0 Å². The van der Waals surface area contributed by atoms with E-state index in [1.807, 2.05) is 54.6 Å². The van der Waals surface area contributed by atoms with E-state index >= 15 is 0 Å². The van der Waals surface area contributed by atoms with Crippen molar-refractivity contribution in [2.45, 2.75) is 44.2 Å². The number of aromatic nitrogens is 1. The number of sulfonamides is 1. The van der Waals surface area contributed by atoms with E-state index in [1.54, 1.807) is 12.1 Å². The molecule has 250 valence electrons. The van der Waals surface area contributed by atoms with Gasteiger partial charge < -0.3 is 19.1 Å². The molecular weight excluding hydrogens is 648 g/mol. The minimum Gasteiger partial charge on any atom is -0.493 e. The highest BCUT2D eigenvalue weighted by atomic mass is 35.5. The van der Waals surface area contributed by atoms with E-state index < -0.39 is 16.0 Å². The number of rotatable bonds is 14. The average Bonchev–Trinajstić information content (AvgIpc) is 3.37. The predicted octanol–water partition coefficient (Wildman–Crippen LogP) is 7.28. The van der Waals surface area contributed by atoms with Gasteiger partial charge in [-0.05, 0) is 78.4 Å². The van der Waals surface area contributed by atoms with E-state index in [4.69, 9.17) is 21.1 Å². The Morgan fingerprint density at radius 3 is 2.25 bits per heavy atom. The molecule has 0 amide bonds. The van der Waals surface area contributed by atoms with Gasteiger partial charge in [0.2, 0.25) is 10.0 Å². The maximum Gasteiger partial charge on any atom is 0.335 e. The number of halogens is 1. The van der Waals surface area contributed by atoms with Crippen molar-refractivity contribution in [1.29, 1.82) is 0 Å².